The van der Waals surface area contributed by atoms with E-state index < -0.39 is 0 Å². The third-order valence-corrected chi connectivity index (χ3v) is 11.9. The first kappa shape index (κ1) is 31.6. The smallest absolute Gasteiger partial charge is 0.136 e. The van der Waals surface area contributed by atoms with E-state index >= 15 is 0 Å². The normalized spacial score (nSPS) is 13.1. The van der Waals surface area contributed by atoms with Crippen molar-refractivity contribution < 1.29 is 4.42 Å². The van der Waals surface area contributed by atoms with Crippen molar-refractivity contribution in [3.05, 3.63) is 199 Å². The van der Waals surface area contributed by atoms with Crippen LogP contribution in [0.25, 0.3) is 76.9 Å². The van der Waals surface area contributed by atoms with Crippen molar-refractivity contribution in [1.29, 1.82) is 0 Å². The molecule has 0 fully saturated rings. The molecule has 0 saturated heterocycles. The zero-order valence-electron chi connectivity index (χ0n) is 30.8. The Morgan fingerprint density at radius 1 is 0.418 bits per heavy atom. The van der Waals surface area contributed by atoms with Gasteiger partial charge in [0.1, 0.15) is 11.2 Å². The third kappa shape index (κ3) is 4.81. The summed E-state index contributed by atoms with van der Waals surface area (Å²) in [4.78, 5) is 2.50. The minimum Gasteiger partial charge on any atom is -0.456 e. The molecule has 0 aliphatic heterocycles. The molecular formula is C53H37NO. The molecule has 0 unspecified atom stereocenters. The number of anilines is 3. The average molecular weight is 704 g/mol. The molecule has 1 aliphatic carbocycles. The zero-order chi connectivity index (χ0) is 36.7. The number of hydrogen-bond donors (Lipinski definition) is 0. The predicted octanol–water partition coefficient (Wildman–Crippen LogP) is 15.0. The van der Waals surface area contributed by atoms with E-state index in [1.54, 1.807) is 0 Å². The summed E-state index contributed by atoms with van der Waals surface area (Å²) in [6.07, 6.45) is 0. The quantitative estimate of drug-likeness (QED) is 0.177. The molecule has 1 aromatic heterocycles. The van der Waals surface area contributed by atoms with E-state index in [2.05, 4.69) is 207 Å². The first-order valence-electron chi connectivity index (χ1n) is 19.1. The van der Waals surface area contributed by atoms with Crippen LogP contribution in [0.5, 0.6) is 0 Å². The molecule has 0 N–H and O–H groups in total. The van der Waals surface area contributed by atoms with Crippen LogP contribution in [0.4, 0.5) is 17.1 Å². The van der Waals surface area contributed by atoms with Crippen LogP contribution in [0.2, 0.25) is 0 Å². The Bertz CT molecular complexity index is 3140. The third-order valence-electron chi connectivity index (χ3n) is 11.9. The van der Waals surface area contributed by atoms with Gasteiger partial charge in [0.2, 0.25) is 0 Å². The van der Waals surface area contributed by atoms with Crippen LogP contribution in [-0.2, 0) is 5.41 Å². The van der Waals surface area contributed by atoms with Crippen molar-refractivity contribution in [2.45, 2.75) is 19.3 Å². The number of fused-ring (bicyclic) bond motifs is 8. The lowest BCUT2D eigenvalue weighted by Crippen LogP contribution is -2.17. The largest absolute Gasteiger partial charge is 0.456 e. The highest BCUT2D eigenvalue weighted by atomic mass is 16.3. The summed E-state index contributed by atoms with van der Waals surface area (Å²) in [6, 6.07) is 68.6. The van der Waals surface area contributed by atoms with Crippen LogP contribution in [0.3, 0.4) is 0 Å². The molecule has 0 amide bonds. The summed E-state index contributed by atoms with van der Waals surface area (Å²) < 4.78 is 6.61. The van der Waals surface area contributed by atoms with Gasteiger partial charge in [-0.15, -0.1) is 0 Å². The Morgan fingerprint density at radius 2 is 1.09 bits per heavy atom. The maximum Gasteiger partial charge on any atom is 0.136 e. The van der Waals surface area contributed by atoms with Gasteiger partial charge in [-0.05, 0) is 97.4 Å². The van der Waals surface area contributed by atoms with Crippen LogP contribution in [0.15, 0.2) is 192 Å². The molecule has 55 heavy (non-hydrogen) atoms. The maximum absolute atomic E-state index is 6.61. The summed E-state index contributed by atoms with van der Waals surface area (Å²) in [5.74, 6) is 0. The molecule has 11 rings (SSSR count). The minimum absolute atomic E-state index is 0.158. The Labute approximate surface area is 320 Å². The Hall–Kier alpha value is -6.90. The summed E-state index contributed by atoms with van der Waals surface area (Å²) in [6.45, 7) is 4.72. The fourth-order valence-electron chi connectivity index (χ4n) is 9.22. The molecule has 1 heterocycles. The van der Waals surface area contributed by atoms with Crippen molar-refractivity contribution in [2.75, 3.05) is 4.90 Å². The molecule has 260 valence electrons. The highest BCUT2D eigenvalue weighted by Gasteiger charge is 2.36. The van der Waals surface area contributed by atoms with Gasteiger partial charge in [-0.2, -0.15) is 0 Å². The summed E-state index contributed by atoms with van der Waals surface area (Å²) in [7, 11) is 0. The van der Waals surface area contributed by atoms with Gasteiger partial charge in [0.05, 0.1) is 11.4 Å². The van der Waals surface area contributed by atoms with Crippen molar-refractivity contribution in [3.63, 3.8) is 0 Å². The highest BCUT2D eigenvalue weighted by molar-refractivity contribution is 6.19. The van der Waals surface area contributed by atoms with E-state index in [4.69, 9.17) is 4.42 Å². The molecule has 0 radical (unpaired) electrons. The fourth-order valence-corrected chi connectivity index (χ4v) is 9.22. The van der Waals surface area contributed by atoms with Crippen LogP contribution in [-0.4, -0.2) is 0 Å². The van der Waals surface area contributed by atoms with Crippen molar-refractivity contribution in [1.82, 2.24) is 0 Å². The van der Waals surface area contributed by atoms with Gasteiger partial charge in [-0.1, -0.05) is 159 Å². The molecule has 1 aliphatic rings. The van der Waals surface area contributed by atoms with Gasteiger partial charge >= 0.3 is 0 Å². The highest BCUT2D eigenvalue weighted by Crippen LogP contribution is 2.54. The second-order valence-electron chi connectivity index (χ2n) is 15.3. The first-order valence-corrected chi connectivity index (χ1v) is 19.1. The molecule has 10 aromatic rings. The molecule has 0 bridgehead atoms. The average Bonchev–Trinajstić information content (AvgIpc) is 3.72. The monoisotopic (exact) mass is 703 g/mol. The van der Waals surface area contributed by atoms with E-state index in [1.807, 2.05) is 0 Å². The molecular weight excluding hydrogens is 667 g/mol. The second kappa shape index (κ2) is 12.1. The molecule has 0 spiro atoms. The Balaban J connectivity index is 1.26. The van der Waals surface area contributed by atoms with E-state index in [-0.39, 0.29) is 5.41 Å². The van der Waals surface area contributed by atoms with Crippen molar-refractivity contribution in [3.8, 4) is 33.4 Å². The summed E-state index contributed by atoms with van der Waals surface area (Å²) >= 11 is 0. The molecule has 0 saturated carbocycles. The Kier molecular flexibility index (Phi) is 6.93. The predicted molar refractivity (Wildman–Crippen MR) is 232 cm³/mol. The number of rotatable bonds is 5. The number of benzene rings is 9. The number of furan rings is 1. The second-order valence-corrected chi connectivity index (χ2v) is 15.3. The van der Waals surface area contributed by atoms with E-state index in [9.17, 15) is 0 Å². The molecule has 0 atom stereocenters. The lowest BCUT2D eigenvalue weighted by molar-refractivity contribution is 0.660. The minimum atomic E-state index is -0.158. The SMILES string of the molecule is CC1(C)c2ccccc2-c2ccc(N(c3ccccc3-c3ccc4ccccc4c3)c3ccc4oc5ccccc5c4c3-c3cccc4ccccc34)cc21. The van der Waals surface area contributed by atoms with Gasteiger partial charge in [-0.3, -0.25) is 0 Å². The zero-order valence-corrected chi connectivity index (χ0v) is 30.8. The van der Waals surface area contributed by atoms with E-state index in [1.165, 1.54) is 54.9 Å². The number of para-hydroxylation sites is 2. The molecule has 2 nitrogen and oxygen atoms in total. The standard InChI is InChI=1S/C53H37NO/c1-53(2)45-23-10-7-20-41(45)42-29-28-38(33-46(42)53)54(47-24-11-8-19-40(47)37-27-26-34-14-3-4-16-36(34)32-37)48-30-31-50-52(44-21-9-12-25-49(44)55-50)51(48)43-22-13-17-35-15-5-6-18-39(35)43/h3-33H,1-2H3. The van der Waals surface area contributed by atoms with Crippen LogP contribution < -0.4 is 4.90 Å². The van der Waals surface area contributed by atoms with Gasteiger partial charge in [-0.25, -0.2) is 0 Å². The molecule has 2 heteroatoms. The first-order chi connectivity index (χ1) is 27.0. The van der Waals surface area contributed by atoms with Crippen LogP contribution >= 0.6 is 0 Å². The van der Waals surface area contributed by atoms with E-state index in [0.717, 1.165) is 50.1 Å². The Morgan fingerprint density at radius 3 is 1.98 bits per heavy atom. The number of nitrogens with zero attached hydrogens (tertiary/aromatic N) is 1. The van der Waals surface area contributed by atoms with Gasteiger partial charge in [0, 0.05) is 33.0 Å². The summed E-state index contributed by atoms with van der Waals surface area (Å²) in [5.41, 5.74) is 14.9. The van der Waals surface area contributed by atoms with Crippen molar-refractivity contribution >= 4 is 60.5 Å². The number of hydrogen-bond acceptors (Lipinski definition) is 2. The lowest BCUT2D eigenvalue weighted by atomic mass is 9.82. The molecule has 9 aromatic carbocycles. The van der Waals surface area contributed by atoms with Crippen LogP contribution in [0, 0.1) is 0 Å². The van der Waals surface area contributed by atoms with Crippen LogP contribution in [0.1, 0.15) is 25.0 Å². The lowest BCUT2D eigenvalue weighted by Gasteiger charge is -2.32. The van der Waals surface area contributed by atoms with Crippen molar-refractivity contribution in [2.24, 2.45) is 0 Å². The van der Waals surface area contributed by atoms with Gasteiger partial charge in [0.15, 0.2) is 0 Å². The van der Waals surface area contributed by atoms with E-state index in [0.29, 0.717) is 0 Å². The summed E-state index contributed by atoms with van der Waals surface area (Å²) in [5, 5.41) is 7.09. The fraction of sp³-hybridized carbons (Fsp3) is 0.0566. The maximum atomic E-state index is 6.61. The van der Waals surface area contributed by atoms with Gasteiger partial charge in [0.25, 0.3) is 0 Å². The van der Waals surface area contributed by atoms with Gasteiger partial charge < -0.3 is 9.32 Å². The topological polar surface area (TPSA) is 16.4 Å².